The minimum Gasteiger partial charge on any atom is -0.326 e. The van der Waals surface area contributed by atoms with Crippen molar-refractivity contribution in [2.45, 2.75) is 13.5 Å². The summed E-state index contributed by atoms with van der Waals surface area (Å²) in [6, 6.07) is 5.74. The summed E-state index contributed by atoms with van der Waals surface area (Å²) in [5.41, 5.74) is 8.72. The summed E-state index contributed by atoms with van der Waals surface area (Å²) < 4.78 is 0. The van der Waals surface area contributed by atoms with Gasteiger partial charge in [-0.2, -0.15) is 0 Å². The maximum atomic E-state index is 11.9. The molecule has 0 saturated heterocycles. The van der Waals surface area contributed by atoms with Crippen molar-refractivity contribution < 1.29 is 4.79 Å². The van der Waals surface area contributed by atoms with Crippen LogP contribution in [0, 0.1) is 6.92 Å². The second kappa shape index (κ2) is 5.37. The topological polar surface area (TPSA) is 80.9 Å². The van der Waals surface area contributed by atoms with E-state index in [1.54, 1.807) is 0 Å². The molecule has 1 heterocycles. The van der Waals surface area contributed by atoms with Crippen LogP contribution in [0.1, 0.15) is 21.5 Å². The summed E-state index contributed by atoms with van der Waals surface area (Å²) in [5, 5.41) is 2.83. The lowest BCUT2D eigenvalue weighted by Gasteiger charge is -2.09. The van der Waals surface area contributed by atoms with Gasteiger partial charge >= 0.3 is 0 Å². The molecular formula is C13H14N4O. The van der Waals surface area contributed by atoms with Crippen molar-refractivity contribution in [3.05, 3.63) is 53.6 Å². The highest BCUT2D eigenvalue weighted by atomic mass is 16.1. The number of aryl methyl sites for hydroxylation is 1. The lowest BCUT2D eigenvalue weighted by molar-refractivity contribution is 0.102. The molecule has 0 aliphatic rings. The molecule has 18 heavy (non-hydrogen) atoms. The molecule has 92 valence electrons. The molecule has 0 aliphatic carbocycles. The van der Waals surface area contributed by atoms with E-state index in [4.69, 9.17) is 5.73 Å². The fraction of sp³-hybridized carbons (Fsp3) is 0.154. The van der Waals surface area contributed by atoms with Gasteiger partial charge in [0, 0.05) is 24.6 Å². The van der Waals surface area contributed by atoms with Gasteiger partial charge in [0.25, 0.3) is 5.91 Å². The van der Waals surface area contributed by atoms with E-state index in [-0.39, 0.29) is 5.91 Å². The minimum atomic E-state index is -0.229. The lowest BCUT2D eigenvalue weighted by Crippen LogP contribution is -2.13. The van der Waals surface area contributed by atoms with Gasteiger partial charge in [-0.3, -0.25) is 4.79 Å². The number of benzene rings is 1. The highest BCUT2D eigenvalue weighted by molar-refractivity contribution is 6.04. The third kappa shape index (κ3) is 2.70. The van der Waals surface area contributed by atoms with Crippen molar-refractivity contribution in [1.29, 1.82) is 0 Å². The molecule has 2 aromatic rings. The van der Waals surface area contributed by atoms with E-state index in [1.165, 1.54) is 18.7 Å². The van der Waals surface area contributed by atoms with Crippen molar-refractivity contribution >= 4 is 11.6 Å². The Morgan fingerprint density at radius 1 is 1.33 bits per heavy atom. The maximum absolute atomic E-state index is 11.9. The molecule has 1 aromatic heterocycles. The molecule has 0 unspecified atom stereocenters. The van der Waals surface area contributed by atoms with E-state index in [9.17, 15) is 4.79 Å². The summed E-state index contributed by atoms with van der Waals surface area (Å²) in [5.74, 6) is -0.229. The van der Waals surface area contributed by atoms with Gasteiger partial charge in [0.2, 0.25) is 0 Å². The molecule has 3 N–H and O–H groups in total. The van der Waals surface area contributed by atoms with Crippen LogP contribution in [0.2, 0.25) is 0 Å². The Morgan fingerprint density at radius 2 is 2.06 bits per heavy atom. The summed E-state index contributed by atoms with van der Waals surface area (Å²) in [4.78, 5) is 19.6. The van der Waals surface area contributed by atoms with Gasteiger partial charge in [-0.05, 0) is 24.1 Å². The first-order valence-electron chi connectivity index (χ1n) is 5.56. The van der Waals surface area contributed by atoms with Crippen LogP contribution < -0.4 is 11.1 Å². The number of aromatic nitrogens is 2. The molecule has 1 aromatic carbocycles. The average Bonchev–Trinajstić information content (AvgIpc) is 2.42. The smallest absolute Gasteiger partial charge is 0.258 e. The number of rotatable bonds is 3. The van der Waals surface area contributed by atoms with Crippen molar-refractivity contribution in [2.24, 2.45) is 5.73 Å². The second-order valence-electron chi connectivity index (χ2n) is 3.93. The number of nitrogens with zero attached hydrogens (tertiary/aromatic N) is 2. The number of nitrogens with two attached hydrogens (primary N) is 1. The molecule has 2 rings (SSSR count). The van der Waals surface area contributed by atoms with E-state index < -0.39 is 0 Å². The Balaban J connectivity index is 2.21. The van der Waals surface area contributed by atoms with Crippen LogP contribution in [0.25, 0.3) is 0 Å². The number of hydrogen-bond donors (Lipinski definition) is 2. The molecule has 5 nitrogen and oxygen atoms in total. The van der Waals surface area contributed by atoms with Crippen molar-refractivity contribution in [2.75, 3.05) is 5.32 Å². The first kappa shape index (κ1) is 12.2. The van der Waals surface area contributed by atoms with Gasteiger partial charge in [-0.15, -0.1) is 0 Å². The van der Waals surface area contributed by atoms with Gasteiger partial charge in [0.1, 0.15) is 6.33 Å². The molecule has 0 radical (unpaired) electrons. The number of anilines is 1. The fourth-order valence-corrected chi connectivity index (χ4v) is 1.54. The molecule has 1 amide bonds. The van der Waals surface area contributed by atoms with Crippen LogP contribution in [0.5, 0.6) is 0 Å². The molecule has 0 atom stereocenters. The van der Waals surface area contributed by atoms with E-state index >= 15 is 0 Å². The van der Waals surface area contributed by atoms with Gasteiger partial charge in [0.15, 0.2) is 0 Å². The Bertz CT molecular complexity index is 554. The Morgan fingerprint density at radius 3 is 2.72 bits per heavy atom. The number of carbonyl (C=O) groups excluding carboxylic acids is 1. The standard InChI is InChI=1S/C13H14N4O/c1-9-2-3-10(5-14)4-12(9)17-13(18)11-6-15-8-16-7-11/h2-4,6-8H,5,14H2,1H3,(H,17,18). The first-order chi connectivity index (χ1) is 8.70. The number of amides is 1. The van der Waals surface area contributed by atoms with Crippen LogP contribution in [0.4, 0.5) is 5.69 Å². The molecule has 5 heteroatoms. The van der Waals surface area contributed by atoms with Gasteiger partial charge in [-0.25, -0.2) is 9.97 Å². The largest absolute Gasteiger partial charge is 0.326 e. The first-order valence-corrected chi connectivity index (χ1v) is 5.56. The summed E-state index contributed by atoms with van der Waals surface area (Å²) in [7, 11) is 0. The SMILES string of the molecule is Cc1ccc(CN)cc1NC(=O)c1cncnc1. The monoisotopic (exact) mass is 242 g/mol. The van der Waals surface area contributed by atoms with Crippen LogP contribution >= 0.6 is 0 Å². The Kier molecular flexibility index (Phi) is 3.64. The summed E-state index contributed by atoms with van der Waals surface area (Å²) >= 11 is 0. The van der Waals surface area contributed by atoms with Crippen molar-refractivity contribution in [3.8, 4) is 0 Å². The van der Waals surface area contributed by atoms with Crippen LogP contribution in [0.15, 0.2) is 36.9 Å². The molecule has 0 saturated carbocycles. The Hall–Kier alpha value is -2.27. The quantitative estimate of drug-likeness (QED) is 0.854. The highest BCUT2D eigenvalue weighted by Crippen LogP contribution is 2.17. The van der Waals surface area contributed by atoms with Gasteiger partial charge in [-0.1, -0.05) is 12.1 Å². The van der Waals surface area contributed by atoms with Crippen LogP contribution in [0.3, 0.4) is 0 Å². The third-order valence-electron chi connectivity index (χ3n) is 2.61. The predicted octanol–water partition coefficient (Wildman–Crippen LogP) is 1.50. The van der Waals surface area contributed by atoms with Gasteiger partial charge < -0.3 is 11.1 Å². The summed E-state index contributed by atoms with van der Waals surface area (Å²) in [6.45, 7) is 2.37. The zero-order valence-corrected chi connectivity index (χ0v) is 10.1. The molecular weight excluding hydrogens is 228 g/mol. The van der Waals surface area contributed by atoms with Gasteiger partial charge in [0.05, 0.1) is 5.56 Å². The number of nitrogens with one attached hydrogen (secondary N) is 1. The number of hydrogen-bond acceptors (Lipinski definition) is 4. The average molecular weight is 242 g/mol. The molecule has 0 fully saturated rings. The normalized spacial score (nSPS) is 10.1. The predicted molar refractivity (Wildman–Crippen MR) is 69.1 cm³/mol. The Labute approximate surface area is 105 Å². The molecule has 0 spiro atoms. The van der Waals surface area contributed by atoms with E-state index in [1.807, 2.05) is 25.1 Å². The maximum Gasteiger partial charge on any atom is 0.258 e. The summed E-state index contributed by atoms with van der Waals surface area (Å²) in [6.07, 6.45) is 4.34. The van der Waals surface area contributed by atoms with E-state index in [0.717, 1.165) is 16.8 Å². The van der Waals surface area contributed by atoms with Crippen molar-refractivity contribution in [1.82, 2.24) is 9.97 Å². The zero-order valence-electron chi connectivity index (χ0n) is 10.1. The fourth-order valence-electron chi connectivity index (χ4n) is 1.54. The molecule has 0 bridgehead atoms. The highest BCUT2D eigenvalue weighted by Gasteiger charge is 2.08. The van der Waals surface area contributed by atoms with E-state index in [2.05, 4.69) is 15.3 Å². The zero-order chi connectivity index (χ0) is 13.0. The van der Waals surface area contributed by atoms with Crippen LogP contribution in [-0.2, 0) is 6.54 Å². The van der Waals surface area contributed by atoms with E-state index in [0.29, 0.717) is 12.1 Å². The minimum absolute atomic E-state index is 0.229. The second-order valence-corrected chi connectivity index (χ2v) is 3.93. The number of carbonyl (C=O) groups is 1. The van der Waals surface area contributed by atoms with Crippen molar-refractivity contribution in [3.63, 3.8) is 0 Å². The third-order valence-corrected chi connectivity index (χ3v) is 2.61. The lowest BCUT2D eigenvalue weighted by atomic mass is 10.1. The molecule has 0 aliphatic heterocycles. The van der Waals surface area contributed by atoms with Crippen LogP contribution in [-0.4, -0.2) is 15.9 Å².